The average Bonchev–Trinajstić information content (AvgIpc) is 2.37. The molecular formula is C14H19FN2O. The number of rotatable bonds is 3. The number of amides is 1. The first-order chi connectivity index (χ1) is 8.59. The zero-order valence-electron chi connectivity index (χ0n) is 10.6. The van der Waals surface area contributed by atoms with E-state index in [4.69, 9.17) is 0 Å². The monoisotopic (exact) mass is 250 g/mol. The molecule has 1 saturated heterocycles. The van der Waals surface area contributed by atoms with Crippen LogP contribution in [0.15, 0.2) is 24.3 Å². The van der Waals surface area contributed by atoms with Gasteiger partial charge in [-0.15, -0.1) is 0 Å². The van der Waals surface area contributed by atoms with E-state index >= 15 is 0 Å². The van der Waals surface area contributed by atoms with Gasteiger partial charge in [0.2, 0.25) is 0 Å². The maximum Gasteiger partial charge on any atom is 0.251 e. The topological polar surface area (TPSA) is 41.1 Å². The molecule has 1 aromatic carbocycles. The van der Waals surface area contributed by atoms with Crippen LogP contribution in [0.3, 0.4) is 0 Å². The second kappa shape index (κ2) is 5.48. The molecule has 1 unspecified atom stereocenters. The third kappa shape index (κ3) is 3.29. The molecule has 1 aromatic rings. The van der Waals surface area contributed by atoms with E-state index in [2.05, 4.69) is 17.6 Å². The van der Waals surface area contributed by atoms with E-state index in [1.165, 1.54) is 12.1 Å². The van der Waals surface area contributed by atoms with E-state index in [1.54, 1.807) is 12.1 Å². The standard InChI is InChI=1S/C14H19FN2O/c1-14(6-3-7-16-9-14)10-17-13(18)11-4-2-5-12(15)8-11/h2,4-5,8,16H,3,6-7,9-10H2,1H3,(H,17,18). The van der Waals surface area contributed by atoms with Crippen LogP contribution in [-0.4, -0.2) is 25.5 Å². The second-order valence-electron chi connectivity index (χ2n) is 5.28. The largest absolute Gasteiger partial charge is 0.351 e. The van der Waals surface area contributed by atoms with Gasteiger partial charge in [-0.2, -0.15) is 0 Å². The first-order valence-electron chi connectivity index (χ1n) is 6.34. The van der Waals surface area contributed by atoms with Crippen molar-refractivity contribution in [3.05, 3.63) is 35.6 Å². The third-order valence-corrected chi connectivity index (χ3v) is 3.45. The first-order valence-corrected chi connectivity index (χ1v) is 6.34. The Hall–Kier alpha value is -1.42. The molecule has 0 spiro atoms. The average molecular weight is 250 g/mol. The summed E-state index contributed by atoms with van der Waals surface area (Å²) in [4.78, 5) is 11.9. The summed E-state index contributed by atoms with van der Waals surface area (Å²) in [6, 6.07) is 5.77. The van der Waals surface area contributed by atoms with Crippen LogP contribution < -0.4 is 10.6 Å². The molecule has 1 fully saturated rings. The van der Waals surface area contributed by atoms with Gasteiger partial charge in [0.15, 0.2) is 0 Å². The highest BCUT2D eigenvalue weighted by atomic mass is 19.1. The van der Waals surface area contributed by atoms with E-state index in [1.807, 2.05) is 0 Å². The van der Waals surface area contributed by atoms with Gasteiger partial charge < -0.3 is 10.6 Å². The van der Waals surface area contributed by atoms with Crippen molar-refractivity contribution in [1.29, 1.82) is 0 Å². The molecule has 3 nitrogen and oxygen atoms in total. The van der Waals surface area contributed by atoms with Gasteiger partial charge in [-0.25, -0.2) is 4.39 Å². The Morgan fingerprint density at radius 3 is 3.06 bits per heavy atom. The van der Waals surface area contributed by atoms with Crippen molar-refractivity contribution >= 4 is 5.91 Å². The molecular weight excluding hydrogens is 231 g/mol. The van der Waals surface area contributed by atoms with Gasteiger partial charge in [0.05, 0.1) is 0 Å². The Morgan fingerprint density at radius 1 is 1.56 bits per heavy atom. The van der Waals surface area contributed by atoms with Crippen molar-refractivity contribution in [1.82, 2.24) is 10.6 Å². The number of nitrogens with one attached hydrogen (secondary N) is 2. The number of halogens is 1. The molecule has 98 valence electrons. The SMILES string of the molecule is CC1(CNC(=O)c2cccc(F)c2)CCCNC1. The lowest BCUT2D eigenvalue weighted by atomic mass is 9.83. The summed E-state index contributed by atoms with van der Waals surface area (Å²) in [7, 11) is 0. The van der Waals surface area contributed by atoms with Gasteiger partial charge in [-0.3, -0.25) is 4.79 Å². The van der Waals surface area contributed by atoms with Crippen LogP contribution in [0, 0.1) is 11.2 Å². The maximum atomic E-state index is 13.0. The Labute approximate surface area is 107 Å². The Morgan fingerprint density at radius 2 is 2.39 bits per heavy atom. The van der Waals surface area contributed by atoms with Crippen LogP contribution in [0.4, 0.5) is 4.39 Å². The molecule has 2 N–H and O–H groups in total. The molecule has 4 heteroatoms. The molecule has 1 atom stereocenters. The smallest absolute Gasteiger partial charge is 0.251 e. The molecule has 1 amide bonds. The fourth-order valence-electron chi connectivity index (χ4n) is 2.30. The van der Waals surface area contributed by atoms with Crippen molar-refractivity contribution in [3.8, 4) is 0 Å². The van der Waals surface area contributed by atoms with Crippen molar-refractivity contribution < 1.29 is 9.18 Å². The molecule has 1 aliphatic rings. The lowest BCUT2D eigenvalue weighted by Gasteiger charge is -2.34. The van der Waals surface area contributed by atoms with Gasteiger partial charge in [0.1, 0.15) is 5.82 Å². The summed E-state index contributed by atoms with van der Waals surface area (Å²) < 4.78 is 13.0. The van der Waals surface area contributed by atoms with Crippen LogP contribution in [0.1, 0.15) is 30.1 Å². The number of benzene rings is 1. The molecule has 0 aromatic heterocycles. The molecule has 0 bridgehead atoms. The molecule has 1 heterocycles. The summed E-state index contributed by atoms with van der Waals surface area (Å²) >= 11 is 0. The molecule has 0 saturated carbocycles. The minimum absolute atomic E-state index is 0.0984. The number of carbonyl (C=O) groups is 1. The van der Waals surface area contributed by atoms with Gasteiger partial charge >= 0.3 is 0 Å². The van der Waals surface area contributed by atoms with Gasteiger partial charge in [-0.1, -0.05) is 13.0 Å². The van der Waals surface area contributed by atoms with Crippen LogP contribution in [0.5, 0.6) is 0 Å². The molecule has 0 radical (unpaired) electrons. The van der Waals surface area contributed by atoms with E-state index in [9.17, 15) is 9.18 Å². The summed E-state index contributed by atoms with van der Waals surface area (Å²) in [5.74, 6) is -0.588. The maximum absolute atomic E-state index is 13.0. The zero-order chi connectivity index (χ0) is 13.0. The summed E-state index contributed by atoms with van der Waals surface area (Å²) in [6.07, 6.45) is 2.23. The van der Waals surface area contributed by atoms with Gasteiger partial charge in [0.25, 0.3) is 5.91 Å². The Bertz CT molecular complexity index is 428. The molecule has 2 rings (SSSR count). The van der Waals surface area contributed by atoms with E-state index < -0.39 is 0 Å². The highest BCUT2D eigenvalue weighted by Gasteiger charge is 2.27. The first kappa shape index (κ1) is 13.0. The summed E-state index contributed by atoms with van der Waals surface area (Å²) in [6.45, 7) is 4.74. The lowest BCUT2D eigenvalue weighted by Crippen LogP contribution is -2.45. The lowest BCUT2D eigenvalue weighted by molar-refractivity contribution is 0.0924. The number of hydrogen-bond donors (Lipinski definition) is 2. The minimum Gasteiger partial charge on any atom is -0.351 e. The molecule has 0 aliphatic carbocycles. The summed E-state index contributed by atoms with van der Waals surface area (Å²) in [5, 5.41) is 6.23. The predicted molar refractivity (Wildman–Crippen MR) is 68.9 cm³/mol. The Balaban J connectivity index is 1.92. The quantitative estimate of drug-likeness (QED) is 0.861. The summed E-state index contributed by atoms with van der Waals surface area (Å²) in [5.41, 5.74) is 0.476. The normalized spacial score (nSPS) is 23.7. The second-order valence-corrected chi connectivity index (χ2v) is 5.28. The Kier molecular flexibility index (Phi) is 3.97. The van der Waals surface area contributed by atoms with Crippen LogP contribution in [-0.2, 0) is 0 Å². The third-order valence-electron chi connectivity index (χ3n) is 3.45. The van der Waals surface area contributed by atoms with E-state index in [-0.39, 0.29) is 17.1 Å². The van der Waals surface area contributed by atoms with Gasteiger partial charge in [-0.05, 0) is 43.0 Å². The van der Waals surface area contributed by atoms with Crippen LogP contribution in [0.2, 0.25) is 0 Å². The predicted octanol–water partition coefficient (Wildman–Crippen LogP) is 1.95. The highest BCUT2D eigenvalue weighted by Crippen LogP contribution is 2.24. The fraction of sp³-hybridized carbons (Fsp3) is 0.500. The van der Waals surface area contributed by atoms with Crippen LogP contribution in [0.25, 0.3) is 0 Å². The number of piperidine rings is 1. The fourth-order valence-corrected chi connectivity index (χ4v) is 2.30. The van der Waals surface area contributed by atoms with Crippen molar-refractivity contribution in [2.45, 2.75) is 19.8 Å². The zero-order valence-corrected chi connectivity index (χ0v) is 10.6. The van der Waals surface area contributed by atoms with Gasteiger partial charge in [0, 0.05) is 18.7 Å². The van der Waals surface area contributed by atoms with Crippen molar-refractivity contribution in [3.63, 3.8) is 0 Å². The van der Waals surface area contributed by atoms with Crippen LogP contribution >= 0.6 is 0 Å². The minimum atomic E-state index is -0.381. The number of hydrogen-bond acceptors (Lipinski definition) is 2. The molecule has 18 heavy (non-hydrogen) atoms. The van der Waals surface area contributed by atoms with Crippen molar-refractivity contribution in [2.24, 2.45) is 5.41 Å². The molecule has 1 aliphatic heterocycles. The van der Waals surface area contributed by atoms with E-state index in [0.29, 0.717) is 12.1 Å². The van der Waals surface area contributed by atoms with Crippen molar-refractivity contribution in [2.75, 3.05) is 19.6 Å². The van der Waals surface area contributed by atoms with E-state index in [0.717, 1.165) is 25.9 Å². The number of carbonyl (C=O) groups excluding carboxylic acids is 1. The highest BCUT2D eigenvalue weighted by molar-refractivity contribution is 5.94.